The lowest BCUT2D eigenvalue weighted by atomic mass is 9.86. The van der Waals surface area contributed by atoms with E-state index in [2.05, 4.69) is 35.2 Å². The molecule has 5 nitrogen and oxygen atoms in total. The topological polar surface area (TPSA) is 84.2 Å². The number of hydrogen-bond donors (Lipinski definition) is 3. The number of sulfonamides is 1. The second-order valence-electron chi connectivity index (χ2n) is 8.38. The van der Waals surface area contributed by atoms with E-state index in [9.17, 15) is 17.2 Å². The number of halogens is 2. The SMILES string of the molecule is CCc1ccc2c(c1)C(NCC(N)C(Cc1cc(F)cc(F)c1)NS(C)(=O)=O)CCC2. The summed E-state index contributed by atoms with van der Waals surface area (Å²) in [6.45, 7) is 2.49. The van der Waals surface area contributed by atoms with Gasteiger partial charge in [-0.05, 0) is 66.5 Å². The Morgan fingerprint density at radius 1 is 1.13 bits per heavy atom. The van der Waals surface area contributed by atoms with Crippen LogP contribution in [0.25, 0.3) is 0 Å². The van der Waals surface area contributed by atoms with Gasteiger partial charge in [-0.2, -0.15) is 0 Å². The summed E-state index contributed by atoms with van der Waals surface area (Å²) in [6.07, 6.45) is 5.20. The fraction of sp³-hybridized carbons (Fsp3) is 0.478. The van der Waals surface area contributed by atoms with E-state index in [-0.39, 0.29) is 12.5 Å². The number of nitrogens with two attached hydrogens (primary N) is 1. The van der Waals surface area contributed by atoms with Crippen LogP contribution in [0.5, 0.6) is 0 Å². The fourth-order valence-electron chi connectivity index (χ4n) is 4.24. The molecule has 0 saturated carbocycles. The third-order valence-corrected chi connectivity index (χ3v) is 6.52. The first kappa shape index (κ1) is 23.8. The van der Waals surface area contributed by atoms with Crippen LogP contribution < -0.4 is 15.8 Å². The standard InChI is InChI=1S/C23H31F2N3O2S/c1-3-15-7-8-17-5-4-6-22(20(17)11-15)27-14-21(26)23(28-31(2,29)30)12-16-9-18(24)13-19(25)10-16/h7-11,13,21-23,27-28H,3-6,12,14,26H2,1-2H3. The number of benzene rings is 2. The Morgan fingerprint density at radius 3 is 2.48 bits per heavy atom. The van der Waals surface area contributed by atoms with E-state index >= 15 is 0 Å². The van der Waals surface area contributed by atoms with Crippen molar-refractivity contribution in [3.05, 3.63) is 70.3 Å². The zero-order valence-electron chi connectivity index (χ0n) is 18.0. The molecule has 3 unspecified atom stereocenters. The lowest BCUT2D eigenvalue weighted by Gasteiger charge is -2.30. The van der Waals surface area contributed by atoms with Crippen molar-refractivity contribution >= 4 is 10.0 Å². The number of aryl methyl sites for hydroxylation is 2. The highest BCUT2D eigenvalue weighted by Gasteiger charge is 2.25. The quantitative estimate of drug-likeness (QED) is 0.547. The molecule has 4 N–H and O–H groups in total. The van der Waals surface area contributed by atoms with Crippen molar-refractivity contribution in [3.63, 3.8) is 0 Å². The van der Waals surface area contributed by atoms with Crippen LogP contribution in [-0.4, -0.2) is 33.3 Å². The highest BCUT2D eigenvalue weighted by Crippen LogP contribution is 2.30. The van der Waals surface area contributed by atoms with Crippen LogP contribution >= 0.6 is 0 Å². The second kappa shape index (κ2) is 10.2. The zero-order valence-corrected chi connectivity index (χ0v) is 18.8. The first-order valence-corrected chi connectivity index (χ1v) is 12.6. The van der Waals surface area contributed by atoms with Gasteiger partial charge in [0, 0.05) is 30.7 Å². The Labute approximate surface area is 183 Å². The van der Waals surface area contributed by atoms with Crippen molar-refractivity contribution in [1.29, 1.82) is 0 Å². The summed E-state index contributed by atoms with van der Waals surface area (Å²) in [7, 11) is -3.55. The van der Waals surface area contributed by atoms with Crippen LogP contribution in [-0.2, 0) is 29.3 Å². The maximum atomic E-state index is 13.6. The molecule has 0 amide bonds. The van der Waals surface area contributed by atoms with Gasteiger partial charge >= 0.3 is 0 Å². The number of rotatable bonds is 9. The van der Waals surface area contributed by atoms with Crippen molar-refractivity contribution in [2.75, 3.05) is 12.8 Å². The van der Waals surface area contributed by atoms with Crippen LogP contribution in [0.3, 0.4) is 0 Å². The Bertz CT molecular complexity index is 994. The molecule has 2 aromatic carbocycles. The second-order valence-corrected chi connectivity index (χ2v) is 10.2. The highest BCUT2D eigenvalue weighted by molar-refractivity contribution is 7.88. The molecule has 0 aliphatic heterocycles. The van der Waals surface area contributed by atoms with Crippen LogP contribution in [0, 0.1) is 11.6 Å². The number of fused-ring (bicyclic) bond motifs is 1. The van der Waals surface area contributed by atoms with E-state index in [0.29, 0.717) is 12.1 Å². The van der Waals surface area contributed by atoms with Gasteiger partial charge in [0.15, 0.2) is 0 Å². The molecular weight excluding hydrogens is 420 g/mol. The van der Waals surface area contributed by atoms with Crippen LogP contribution in [0.1, 0.15) is 48.1 Å². The molecule has 170 valence electrons. The largest absolute Gasteiger partial charge is 0.325 e. The van der Waals surface area contributed by atoms with E-state index in [4.69, 9.17) is 5.73 Å². The molecule has 0 fully saturated rings. The number of hydrogen-bond acceptors (Lipinski definition) is 4. The molecule has 0 aromatic heterocycles. The van der Waals surface area contributed by atoms with E-state index < -0.39 is 33.7 Å². The summed E-state index contributed by atoms with van der Waals surface area (Å²) in [4.78, 5) is 0. The smallest absolute Gasteiger partial charge is 0.209 e. The molecule has 31 heavy (non-hydrogen) atoms. The average molecular weight is 452 g/mol. The summed E-state index contributed by atoms with van der Waals surface area (Å²) in [6, 6.07) is 8.63. The van der Waals surface area contributed by atoms with Crippen molar-refractivity contribution in [2.24, 2.45) is 5.73 Å². The van der Waals surface area contributed by atoms with E-state index in [1.54, 1.807) is 0 Å². The van der Waals surface area contributed by atoms with Crippen molar-refractivity contribution in [1.82, 2.24) is 10.0 Å². The predicted octanol–water partition coefficient (Wildman–Crippen LogP) is 2.98. The maximum absolute atomic E-state index is 13.6. The van der Waals surface area contributed by atoms with E-state index in [1.165, 1.54) is 28.8 Å². The Hall–Kier alpha value is -1.87. The number of nitrogens with one attached hydrogen (secondary N) is 2. The monoisotopic (exact) mass is 451 g/mol. The minimum atomic E-state index is -3.55. The van der Waals surface area contributed by atoms with Gasteiger partial charge < -0.3 is 11.1 Å². The van der Waals surface area contributed by atoms with Crippen molar-refractivity contribution < 1.29 is 17.2 Å². The van der Waals surface area contributed by atoms with Gasteiger partial charge in [0.05, 0.1) is 6.26 Å². The molecule has 0 radical (unpaired) electrons. The minimum Gasteiger partial charge on any atom is -0.325 e. The molecule has 3 atom stereocenters. The fourth-order valence-corrected chi connectivity index (χ4v) is 5.05. The lowest BCUT2D eigenvalue weighted by molar-refractivity contribution is 0.398. The molecule has 0 spiro atoms. The van der Waals surface area contributed by atoms with Crippen LogP contribution in [0.15, 0.2) is 36.4 Å². The van der Waals surface area contributed by atoms with Gasteiger partial charge in [0.2, 0.25) is 10.0 Å². The van der Waals surface area contributed by atoms with Gasteiger partial charge in [-0.1, -0.05) is 25.1 Å². The maximum Gasteiger partial charge on any atom is 0.209 e. The third-order valence-electron chi connectivity index (χ3n) is 5.79. The molecule has 0 heterocycles. The molecule has 0 saturated heterocycles. The summed E-state index contributed by atoms with van der Waals surface area (Å²) in [5, 5.41) is 3.50. The minimum absolute atomic E-state index is 0.0891. The Morgan fingerprint density at radius 2 is 1.84 bits per heavy atom. The molecule has 1 aliphatic carbocycles. The van der Waals surface area contributed by atoms with E-state index in [0.717, 1.165) is 38.0 Å². The normalized spacial score (nSPS) is 18.4. The molecule has 0 bridgehead atoms. The van der Waals surface area contributed by atoms with Crippen LogP contribution in [0.4, 0.5) is 8.78 Å². The molecule has 3 rings (SSSR count). The summed E-state index contributed by atoms with van der Waals surface area (Å²) in [5.41, 5.74) is 10.6. The first-order chi connectivity index (χ1) is 14.6. The average Bonchev–Trinajstić information content (AvgIpc) is 2.69. The molecule has 2 aromatic rings. The summed E-state index contributed by atoms with van der Waals surface area (Å²) >= 11 is 0. The van der Waals surface area contributed by atoms with E-state index in [1.807, 2.05) is 0 Å². The Kier molecular flexibility index (Phi) is 7.80. The molecule has 1 aliphatic rings. The zero-order chi connectivity index (χ0) is 22.6. The molecular formula is C23H31F2N3O2S. The molecule has 8 heteroatoms. The van der Waals surface area contributed by atoms with Gasteiger partial charge in [-0.25, -0.2) is 21.9 Å². The lowest BCUT2D eigenvalue weighted by Crippen LogP contribution is -2.53. The van der Waals surface area contributed by atoms with Crippen LogP contribution in [0.2, 0.25) is 0 Å². The summed E-state index contributed by atoms with van der Waals surface area (Å²) < 4.78 is 53.5. The van der Waals surface area contributed by atoms with Crippen molar-refractivity contribution in [3.8, 4) is 0 Å². The van der Waals surface area contributed by atoms with Gasteiger partial charge in [0.25, 0.3) is 0 Å². The van der Waals surface area contributed by atoms with Gasteiger partial charge in [0.1, 0.15) is 11.6 Å². The summed E-state index contributed by atoms with van der Waals surface area (Å²) in [5.74, 6) is -1.41. The Balaban J connectivity index is 1.73. The van der Waals surface area contributed by atoms with Gasteiger partial charge in [-0.15, -0.1) is 0 Å². The predicted molar refractivity (Wildman–Crippen MR) is 119 cm³/mol. The third kappa shape index (κ3) is 6.80. The first-order valence-electron chi connectivity index (χ1n) is 10.7. The van der Waals surface area contributed by atoms with Gasteiger partial charge in [-0.3, -0.25) is 0 Å². The van der Waals surface area contributed by atoms with Crippen molar-refractivity contribution in [2.45, 2.75) is 57.2 Å². The highest BCUT2D eigenvalue weighted by atomic mass is 32.2.